The van der Waals surface area contributed by atoms with E-state index in [1.807, 2.05) is 54.5 Å². The van der Waals surface area contributed by atoms with Gasteiger partial charge in [-0.1, -0.05) is 12.1 Å². The van der Waals surface area contributed by atoms with Crippen molar-refractivity contribution in [3.63, 3.8) is 0 Å². The Morgan fingerprint density at radius 1 is 1.17 bits per heavy atom. The van der Waals surface area contributed by atoms with Crippen molar-refractivity contribution in [3.05, 3.63) is 42.0 Å². The molecule has 2 aliphatic heterocycles. The largest absolute Gasteiger partial charge is 0.455 e. The first-order valence-electron chi connectivity index (χ1n) is 10.3. The topological polar surface area (TPSA) is 79.7 Å². The van der Waals surface area contributed by atoms with Crippen LogP contribution in [0.3, 0.4) is 0 Å². The van der Waals surface area contributed by atoms with E-state index in [4.69, 9.17) is 4.74 Å². The lowest BCUT2D eigenvalue weighted by Crippen LogP contribution is -2.62. The Labute approximate surface area is 176 Å². The number of benzene rings is 1. The van der Waals surface area contributed by atoms with Crippen LogP contribution in [-0.2, 0) is 11.3 Å². The Kier molecular flexibility index (Phi) is 4.85. The SMILES string of the molecule is CC(C)(C)OC(=O)c1ncn2c1CN(C(=O)N1CCNCC1(C)C)c1ccccc1-2. The molecule has 0 saturated carbocycles. The molecule has 1 fully saturated rings. The number of hydrogen-bond acceptors (Lipinski definition) is 5. The second-order valence-corrected chi connectivity index (χ2v) is 9.41. The predicted octanol–water partition coefficient (Wildman–Crippen LogP) is 2.95. The van der Waals surface area contributed by atoms with Crippen molar-refractivity contribution in [3.8, 4) is 5.69 Å². The van der Waals surface area contributed by atoms with Gasteiger partial charge in [0.15, 0.2) is 5.69 Å². The van der Waals surface area contributed by atoms with Gasteiger partial charge in [-0.15, -0.1) is 0 Å². The molecule has 8 heteroatoms. The van der Waals surface area contributed by atoms with E-state index in [0.29, 0.717) is 12.2 Å². The van der Waals surface area contributed by atoms with Crippen molar-refractivity contribution < 1.29 is 14.3 Å². The summed E-state index contributed by atoms with van der Waals surface area (Å²) in [5, 5.41) is 3.35. The normalized spacial score (nSPS) is 17.9. The van der Waals surface area contributed by atoms with Crippen LogP contribution < -0.4 is 10.2 Å². The van der Waals surface area contributed by atoms with E-state index in [9.17, 15) is 9.59 Å². The maximum Gasteiger partial charge on any atom is 0.359 e. The molecule has 30 heavy (non-hydrogen) atoms. The molecule has 2 aromatic rings. The number of nitrogens with zero attached hydrogens (tertiary/aromatic N) is 4. The standard InChI is InChI=1S/C22H29N5O3/c1-21(2,3)30-19(28)18-17-12-25(20(29)27-11-10-23-13-22(27,4)5)15-8-6-7-9-16(15)26(17)14-24-18/h6-9,14,23H,10-13H2,1-5H3. The summed E-state index contributed by atoms with van der Waals surface area (Å²) in [4.78, 5) is 34.4. The number of aromatic nitrogens is 2. The Morgan fingerprint density at radius 2 is 1.87 bits per heavy atom. The van der Waals surface area contributed by atoms with Gasteiger partial charge in [0, 0.05) is 19.6 Å². The molecule has 0 atom stereocenters. The lowest BCUT2D eigenvalue weighted by atomic mass is 10.0. The van der Waals surface area contributed by atoms with Crippen molar-refractivity contribution >= 4 is 17.7 Å². The van der Waals surface area contributed by atoms with Crippen molar-refractivity contribution in [1.82, 2.24) is 19.8 Å². The van der Waals surface area contributed by atoms with E-state index in [2.05, 4.69) is 24.1 Å². The summed E-state index contributed by atoms with van der Waals surface area (Å²) in [5.74, 6) is -0.481. The Balaban J connectivity index is 1.74. The molecule has 0 bridgehead atoms. The average Bonchev–Trinajstić information content (AvgIpc) is 3.09. The van der Waals surface area contributed by atoms with E-state index in [-0.39, 0.29) is 23.8 Å². The second-order valence-electron chi connectivity index (χ2n) is 9.41. The van der Waals surface area contributed by atoms with Gasteiger partial charge in [-0.2, -0.15) is 0 Å². The van der Waals surface area contributed by atoms with Crippen molar-refractivity contribution in [2.45, 2.75) is 52.3 Å². The molecule has 160 valence electrons. The monoisotopic (exact) mass is 411 g/mol. The molecule has 1 aromatic heterocycles. The Bertz CT molecular complexity index is 989. The highest BCUT2D eigenvalue weighted by molar-refractivity contribution is 5.97. The van der Waals surface area contributed by atoms with E-state index in [0.717, 1.165) is 24.5 Å². The molecule has 1 N–H and O–H groups in total. The van der Waals surface area contributed by atoms with Crippen LogP contribution in [0.1, 0.15) is 50.8 Å². The van der Waals surface area contributed by atoms with Crippen LogP contribution in [0.25, 0.3) is 5.69 Å². The number of imidazole rings is 1. The van der Waals surface area contributed by atoms with Crippen LogP contribution in [0.5, 0.6) is 0 Å². The Hall–Kier alpha value is -2.87. The van der Waals surface area contributed by atoms with Crippen molar-refractivity contribution in [2.75, 3.05) is 24.5 Å². The minimum absolute atomic E-state index is 0.0726. The molecular formula is C22H29N5O3. The smallest absolute Gasteiger partial charge is 0.359 e. The van der Waals surface area contributed by atoms with Gasteiger partial charge in [0.05, 0.1) is 29.2 Å². The summed E-state index contributed by atoms with van der Waals surface area (Å²) in [5.41, 5.74) is 1.59. The fraction of sp³-hybridized carbons (Fsp3) is 0.500. The number of ether oxygens (including phenoxy) is 1. The van der Waals surface area contributed by atoms with Crippen molar-refractivity contribution in [2.24, 2.45) is 0 Å². The van der Waals surface area contributed by atoms with E-state index in [1.54, 1.807) is 11.2 Å². The molecule has 0 unspecified atom stereocenters. The van der Waals surface area contributed by atoms with E-state index < -0.39 is 11.6 Å². The van der Waals surface area contributed by atoms with Crippen LogP contribution in [0.15, 0.2) is 30.6 Å². The minimum Gasteiger partial charge on any atom is -0.455 e. The predicted molar refractivity (Wildman–Crippen MR) is 114 cm³/mol. The van der Waals surface area contributed by atoms with Crippen LogP contribution in [-0.4, -0.2) is 57.2 Å². The number of hydrogen-bond donors (Lipinski definition) is 1. The number of anilines is 1. The number of piperazine rings is 1. The highest BCUT2D eigenvalue weighted by Gasteiger charge is 2.39. The minimum atomic E-state index is -0.625. The molecule has 0 spiro atoms. The first kappa shape index (κ1) is 20.4. The summed E-state index contributed by atoms with van der Waals surface area (Å²) in [6.45, 7) is 12.0. The third kappa shape index (κ3) is 3.56. The van der Waals surface area contributed by atoms with E-state index in [1.165, 1.54) is 0 Å². The van der Waals surface area contributed by atoms with Gasteiger partial charge in [0.1, 0.15) is 11.9 Å². The maximum absolute atomic E-state index is 13.7. The highest BCUT2D eigenvalue weighted by Crippen LogP contribution is 2.35. The number of carbonyl (C=O) groups excluding carboxylic acids is 2. The quantitative estimate of drug-likeness (QED) is 0.730. The van der Waals surface area contributed by atoms with Gasteiger partial charge in [-0.25, -0.2) is 14.6 Å². The summed E-state index contributed by atoms with van der Waals surface area (Å²) < 4.78 is 7.42. The number of nitrogens with one attached hydrogen (secondary N) is 1. The molecule has 0 radical (unpaired) electrons. The second kappa shape index (κ2) is 7.12. The van der Waals surface area contributed by atoms with Crippen LogP contribution in [0.4, 0.5) is 10.5 Å². The Morgan fingerprint density at radius 3 is 2.53 bits per heavy atom. The van der Waals surface area contributed by atoms with Crippen LogP contribution in [0, 0.1) is 0 Å². The number of amides is 2. The zero-order valence-electron chi connectivity index (χ0n) is 18.2. The van der Waals surface area contributed by atoms with Crippen LogP contribution in [0.2, 0.25) is 0 Å². The molecule has 1 saturated heterocycles. The van der Waals surface area contributed by atoms with Crippen molar-refractivity contribution in [1.29, 1.82) is 0 Å². The number of urea groups is 1. The van der Waals surface area contributed by atoms with Gasteiger partial charge in [0.2, 0.25) is 0 Å². The molecule has 3 heterocycles. The maximum atomic E-state index is 13.7. The van der Waals surface area contributed by atoms with E-state index >= 15 is 0 Å². The number of fused-ring (bicyclic) bond motifs is 3. The number of para-hydroxylation sites is 2. The number of rotatable bonds is 1. The molecule has 2 aliphatic rings. The summed E-state index contributed by atoms with van der Waals surface area (Å²) in [6, 6.07) is 7.62. The zero-order chi connectivity index (χ0) is 21.7. The molecule has 2 amide bonds. The summed E-state index contributed by atoms with van der Waals surface area (Å²) in [7, 11) is 0. The first-order valence-corrected chi connectivity index (χ1v) is 10.3. The van der Waals surface area contributed by atoms with Crippen LogP contribution >= 0.6 is 0 Å². The molecule has 8 nitrogen and oxygen atoms in total. The third-order valence-corrected chi connectivity index (χ3v) is 5.46. The van der Waals surface area contributed by atoms with Gasteiger partial charge in [0.25, 0.3) is 0 Å². The summed E-state index contributed by atoms with van der Waals surface area (Å²) in [6.07, 6.45) is 1.63. The molecular weight excluding hydrogens is 382 g/mol. The zero-order valence-corrected chi connectivity index (χ0v) is 18.2. The van der Waals surface area contributed by atoms with Gasteiger partial charge >= 0.3 is 12.0 Å². The lowest BCUT2D eigenvalue weighted by Gasteiger charge is -2.45. The molecule has 4 rings (SSSR count). The van der Waals surface area contributed by atoms with Gasteiger partial charge in [-0.05, 0) is 46.8 Å². The molecule has 0 aliphatic carbocycles. The fourth-order valence-electron chi connectivity index (χ4n) is 4.01. The lowest BCUT2D eigenvalue weighted by molar-refractivity contribution is 0.00618. The number of esters is 1. The first-order chi connectivity index (χ1) is 14.1. The summed E-state index contributed by atoms with van der Waals surface area (Å²) >= 11 is 0. The van der Waals surface area contributed by atoms with Gasteiger partial charge < -0.3 is 15.0 Å². The highest BCUT2D eigenvalue weighted by atomic mass is 16.6. The fourth-order valence-corrected chi connectivity index (χ4v) is 4.01. The third-order valence-electron chi connectivity index (χ3n) is 5.46. The van der Waals surface area contributed by atoms with Gasteiger partial charge in [-0.3, -0.25) is 9.47 Å². The number of carbonyl (C=O) groups is 2. The molecule has 1 aromatic carbocycles. The average molecular weight is 412 g/mol.